The summed E-state index contributed by atoms with van der Waals surface area (Å²) in [6.07, 6.45) is 1.57. The third-order valence-corrected chi connectivity index (χ3v) is 9.19. The van der Waals surface area contributed by atoms with Crippen molar-refractivity contribution in [1.29, 1.82) is 0 Å². The van der Waals surface area contributed by atoms with E-state index in [1.807, 2.05) is 49.1 Å². The molecule has 1 amide bonds. The SMILES string of the molecule is Cc1cc(Oc2ccc(CN3CCC(N4C(=O)OCC4c4ccccc4)CC3)c(C)n2)ccc1NS(=O)(=O)N(C)C. The van der Waals surface area contributed by atoms with Gasteiger partial charge in [0, 0.05) is 51.5 Å². The van der Waals surface area contributed by atoms with Crippen molar-refractivity contribution in [3.8, 4) is 11.6 Å². The first-order valence-corrected chi connectivity index (χ1v) is 15.2. The molecule has 0 spiro atoms. The summed E-state index contributed by atoms with van der Waals surface area (Å²) in [5, 5.41) is 0. The van der Waals surface area contributed by atoms with Crippen LogP contribution in [0.5, 0.6) is 11.6 Å². The summed E-state index contributed by atoms with van der Waals surface area (Å²) in [5.41, 5.74) is 4.37. The summed E-state index contributed by atoms with van der Waals surface area (Å²) in [6, 6.07) is 19.3. The highest BCUT2D eigenvalue weighted by Crippen LogP contribution is 2.33. The minimum atomic E-state index is -3.59. The molecule has 10 nitrogen and oxygen atoms in total. The van der Waals surface area contributed by atoms with Crippen LogP contribution >= 0.6 is 0 Å². The number of aromatic nitrogens is 1. The van der Waals surface area contributed by atoms with Crippen LogP contribution in [-0.2, 0) is 21.5 Å². The molecule has 2 aliphatic heterocycles. The first-order chi connectivity index (χ1) is 19.6. The molecule has 0 bridgehead atoms. The average Bonchev–Trinajstić information content (AvgIpc) is 3.34. The maximum Gasteiger partial charge on any atom is 0.410 e. The second-order valence-electron chi connectivity index (χ2n) is 10.8. The van der Waals surface area contributed by atoms with Gasteiger partial charge in [-0.1, -0.05) is 36.4 Å². The highest BCUT2D eigenvalue weighted by Gasteiger charge is 2.40. The lowest BCUT2D eigenvalue weighted by Crippen LogP contribution is -2.46. The Morgan fingerprint density at radius 2 is 1.78 bits per heavy atom. The standard InChI is InChI=1S/C30H37N5O5S/c1-21-18-26(11-12-27(21)32-41(37,38)33(3)4)40-29-13-10-24(22(2)31-29)19-34-16-14-25(15-17-34)35-28(20-39-30(35)36)23-8-6-5-7-9-23/h5-13,18,25,28,32H,14-17,19-20H2,1-4H3. The van der Waals surface area contributed by atoms with E-state index in [2.05, 4.69) is 26.7 Å². The van der Waals surface area contributed by atoms with Gasteiger partial charge in [0.25, 0.3) is 0 Å². The summed E-state index contributed by atoms with van der Waals surface area (Å²) < 4.78 is 39.4. The zero-order valence-corrected chi connectivity index (χ0v) is 24.7. The molecule has 218 valence electrons. The molecule has 1 N–H and O–H groups in total. The highest BCUT2D eigenvalue weighted by molar-refractivity contribution is 7.90. The van der Waals surface area contributed by atoms with Crippen LogP contribution in [0.4, 0.5) is 10.5 Å². The lowest BCUT2D eigenvalue weighted by atomic mass is 9.98. The smallest absolute Gasteiger partial charge is 0.410 e. The monoisotopic (exact) mass is 579 g/mol. The molecule has 3 aromatic rings. The van der Waals surface area contributed by atoms with Crippen LogP contribution in [0.3, 0.4) is 0 Å². The number of nitrogens with zero attached hydrogens (tertiary/aromatic N) is 4. The van der Waals surface area contributed by atoms with Gasteiger partial charge in [0.15, 0.2) is 0 Å². The van der Waals surface area contributed by atoms with E-state index >= 15 is 0 Å². The van der Waals surface area contributed by atoms with Gasteiger partial charge in [-0.15, -0.1) is 0 Å². The van der Waals surface area contributed by atoms with Gasteiger partial charge in [-0.2, -0.15) is 12.7 Å². The molecule has 11 heteroatoms. The molecule has 2 saturated heterocycles. The minimum Gasteiger partial charge on any atom is -0.447 e. The molecular weight excluding hydrogens is 542 g/mol. The van der Waals surface area contributed by atoms with E-state index in [1.54, 1.807) is 18.2 Å². The maximum atomic E-state index is 12.6. The van der Waals surface area contributed by atoms with Gasteiger partial charge >= 0.3 is 16.3 Å². The largest absolute Gasteiger partial charge is 0.447 e. The van der Waals surface area contributed by atoms with Crippen LogP contribution < -0.4 is 9.46 Å². The van der Waals surface area contributed by atoms with E-state index in [0.29, 0.717) is 23.9 Å². The predicted molar refractivity (Wildman–Crippen MR) is 157 cm³/mol. The molecule has 5 rings (SSSR count). The Morgan fingerprint density at radius 3 is 2.44 bits per heavy atom. The number of cyclic esters (lactones) is 1. The van der Waals surface area contributed by atoms with Gasteiger partial charge < -0.3 is 9.47 Å². The fourth-order valence-electron chi connectivity index (χ4n) is 5.32. The van der Waals surface area contributed by atoms with Crippen molar-refractivity contribution < 1.29 is 22.7 Å². The summed E-state index contributed by atoms with van der Waals surface area (Å²) in [4.78, 5) is 21.6. The average molecular weight is 580 g/mol. The number of piperidine rings is 1. The second-order valence-corrected chi connectivity index (χ2v) is 12.7. The molecule has 1 unspecified atom stereocenters. The van der Waals surface area contributed by atoms with Gasteiger partial charge in [0.2, 0.25) is 5.88 Å². The third kappa shape index (κ3) is 6.64. The molecule has 3 heterocycles. The normalized spacial score (nSPS) is 18.5. The molecule has 0 aliphatic carbocycles. The number of likely N-dealkylation sites (tertiary alicyclic amines) is 1. The number of pyridine rings is 1. The highest BCUT2D eigenvalue weighted by atomic mass is 32.2. The Hall–Kier alpha value is -3.67. The quantitative estimate of drug-likeness (QED) is 0.386. The lowest BCUT2D eigenvalue weighted by Gasteiger charge is -2.38. The number of rotatable bonds is 9. The first-order valence-electron chi connectivity index (χ1n) is 13.8. The molecule has 0 saturated carbocycles. The van der Waals surface area contributed by atoms with E-state index in [0.717, 1.165) is 59.2 Å². The fraction of sp³-hybridized carbons (Fsp3) is 0.400. The number of carbonyl (C=O) groups is 1. The summed E-state index contributed by atoms with van der Waals surface area (Å²) in [6.45, 7) is 6.75. The predicted octanol–water partition coefficient (Wildman–Crippen LogP) is 4.87. The van der Waals surface area contributed by atoms with Crippen molar-refractivity contribution in [3.05, 3.63) is 83.0 Å². The topological polar surface area (TPSA) is 104 Å². The van der Waals surface area contributed by atoms with Crippen molar-refractivity contribution in [2.75, 3.05) is 38.5 Å². The van der Waals surface area contributed by atoms with Gasteiger partial charge in [-0.05, 0) is 61.6 Å². The van der Waals surface area contributed by atoms with Crippen LogP contribution in [0.1, 0.15) is 41.3 Å². The Labute approximate surface area is 242 Å². The summed E-state index contributed by atoms with van der Waals surface area (Å²) in [7, 11) is -0.640. The number of anilines is 1. The Bertz CT molecular complexity index is 1490. The Morgan fingerprint density at radius 1 is 1.05 bits per heavy atom. The Kier molecular flexibility index (Phi) is 8.48. The van der Waals surface area contributed by atoms with Crippen LogP contribution in [0.2, 0.25) is 0 Å². The number of ether oxygens (including phenoxy) is 2. The number of benzene rings is 2. The van der Waals surface area contributed by atoms with Crippen LogP contribution in [0, 0.1) is 13.8 Å². The van der Waals surface area contributed by atoms with Crippen LogP contribution in [-0.4, -0.2) is 73.4 Å². The molecular formula is C30H37N5O5S. The van der Waals surface area contributed by atoms with Gasteiger partial charge in [-0.25, -0.2) is 9.78 Å². The van der Waals surface area contributed by atoms with Crippen molar-refractivity contribution in [3.63, 3.8) is 0 Å². The number of hydrogen-bond donors (Lipinski definition) is 1. The third-order valence-electron chi connectivity index (χ3n) is 7.75. The van der Waals surface area contributed by atoms with Crippen LogP contribution in [0.25, 0.3) is 0 Å². The van der Waals surface area contributed by atoms with E-state index in [9.17, 15) is 13.2 Å². The number of aryl methyl sites for hydroxylation is 2. The molecule has 2 aliphatic rings. The Balaban J connectivity index is 1.17. The minimum absolute atomic E-state index is 0.0263. The number of hydrogen-bond acceptors (Lipinski definition) is 7. The summed E-state index contributed by atoms with van der Waals surface area (Å²) in [5.74, 6) is 1.05. The van der Waals surface area contributed by atoms with Crippen molar-refractivity contribution in [2.24, 2.45) is 0 Å². The van der Waals surface area contributed by atoms with E-state index < -0.39 is 10.2 Å². The summed E-state index contributed by atoms with van der Waals surface area (Å²) >= 11 is 0. The van der Waals surface area contributed by atoms with E-state index in [4.69, 9.17) is 9.47 Å². The van der Waals surface area contributed by atoms with Gasteiger partial charge in [0.05, 0.1) is 11.7 Å². The zero-order chi connectivity index (χ0) is 29.1. The molecule has 1 aromatic heterocycles. The number of nitrogens with one attached hydrogen (secondary N) is 1. The number of carbonyl (C=O) groups excluding carboxylic acids is 1. The fourth-order valence-corrected chi connectivity index (χ4v) is 6.01. The van der Waals surface area contributed by atoms with Gasteiger partial charge in [0.1, 0.15) is 12.4 Å². The number of amides is 1. The molecule has 2 aromatic carbocycles. The maximum absolute atomic E-state index is 12.6. The molecule has 1 atom stereocenters. The lowest BCUT2D eigenvalue weighted by molar-refractivity contribution is 0.104. The van der Waals surface area contributed by atoms with Gasteiger partial charge in [-0.3, -0.25) is 14.5 Å². The molecule has 2 fully saturated rings. The van der Waals surface area contributed by atoms with E-state index in [1.165, 1.54) is 14.1 Å². The van der Waals surface area contributed by atoms with E-state index in [-0.39, 0.29) is 18.2 Å². The first kappa shape index (κ1) is 28.8. The van der Waals surface area contributed by atoms with Crippen molar-refractivity contribution in [2.45, 2.75) is 45.3 Å². The molecule has 0 radical (unpaired) electrons. The van der Waals surface area contributed by atoms with Crippen molar-refractivity contribution >= 4 is 22.0 Å². The van der Waals surface area contributed by atoms with Crippen molar-refractivity contribution in [1.82, 2.24) is 19.1 Å². The second kappa shape index (κ2) is 12.1. The van der Waals surface area contributed by atoms with Crippen LogP contribution in [0.15, 0.2) is 60.7 Å². The zero-order valence-electron chi connectivity index (χ0n) is 23.9. The molecule has 41 heavy (non-hydrogen) atoms.